The van der Waals surface area contributed by atoms with Crippen LogP contribution < -0.4 is 5.32 Å². The van der Waals surface area contributed by atoms with E-state index < -0.39 is 18.0 Å². The molecule has 2 saturated carbocycles. The number of piperidine rings is 1. The standard InChI is InChI=1S/C21H24F3N3O3/c22-21(23,24)16-3-1-2-15(25-16)13-8-19(9-13)4-6-27(7-5-19)17(28)14-10-20(11-14)12-30-18(29)26-20/h1-3,13-14H,4-12H2,(H,26,29). The van der Waals surface area contributed by atoms with Crippen LogP contribution in [0.15, 0.2) is 18.2 Å². The number of nitrogens with zero attached hydrogens (tertiary/aromatic N) is 2. The largest absolute Gasteiger partial charge is 0.447 e. The molecule has 1 aromatic rings. The minimum Gasteiger partial charge on any atom is -0.447 e. The number of carbonyl (C=O) groups is 2. The smallest absolute Gasteiger partial charge is 0.433 e. The van der Waals surface area contributed by atoms with Crippen LogP contribution in [0.5, 0.6) is 0 Å². The molecule has 4 fully saturated rings. The lowest BCUT2D eigenvalue weighted by atomic mass is 9.56. The summed E-state index contributed by atoms with van der Waals surface area (Å²) in [4.78, 5) is 29.8. The van der Waals surface area contributed by atoms with Crippen molar-refractivity contribution >= 4 is 12.0 Å². The van der Waals surface area contributed by atoms with Crippen molar-refractivity contribution in [2.45, 2.75) is 56.2 Å². The fraction of sp³-hybridized carbons (Fsp3) is 0.667. The lowest BCUT2D eigenvalue weighted by molar-refractivity contribution is -0.144. The van der Waals surface area contributed by atoms with Crippen LogP contribution in [0.3, 0.4) is 0 Å². The number of rotatable bonds is 2. The Balaban J connectivity index is 1.12. The summed E-state index contributed by atoms with van der Waals surface area (Å²) >= 11 is 0. The number of cyclic esters (lactones) is 1. The van der Waals surface area contributed by atoms with Gasteiger partial charge in [0.05, 0.1) is 5.54 Å². The Morgan fingerprint density at radius 1 is 1.17 bits per heavy atom. The fourth-order valence-electron chi connectivity index (χ4n) is 5.67. The third-order valence-electron chi connectivity index (χ3n) is 7.44. The molecule has 162 valence electrons. The molecule has 30 heavy (non-hydrogen) atoms. The number of hydrogen-bond acceptors (Lipinski definition) is 4. The lowest BCUT2D eigenvalue weighted by Crippen LogP contribution is -2.59. The SMILES string of the molecule is O=C1NC2(CO1)CC(C(=O)N1CCC3(CC1)CC(c1cccc(C(F)(F)F)n1)C3)C2. The van der Waals surface area contributed by atoms with Crippen LogP contribution in [-0.4, -0.2) is 47.1 Å². The molecule has 4 aliphatic rings. The van der Waals surface area contributed by atoms with Gasteiger partial charge in [-0.05, 0) is 56.1 Å². The van der Waals surface area contributed by atoms with E-state index in [0.29, 0.717) is 38.2 Å². The Labute approximate surface area is 172 Å². The summed E-state index contributed by atoms with van der Waals surface area (Å²) in [6.07, 6.45) is -0.145. The highest BCUT2D eigenvalue weighted by molar-refractivity contribution is 5.81. The van der Waals surface area contributed by atoms with Crippen LogP contribution in [-0.2, 0) is 15.7 Å². The molecule has 5 rings (SSSR count). The van der Waals surface area contributed by atoms with E-state index in [-0.39, 0.29) is 28.7 Å². The minimum atomic E-state index is -4.42. The van der Waals surface area contributed by atoms with Gasteiger partial charge in [-0.3, -0.25) is 4.79 Å². The van der Waals surface area contributed by atoms with Crippen molar-refractivity contribution in [3.8, 4) is 0 Å². The number of carbonyl (C=O) groups excluding carboxylic acids is 2. The first-order valence-electron chi connectivity index (χ1n) is 10.5. The van der Waals surface area contributed by atoms with Gasteiger partial charge in [0, 0.05) is 30.6 Å². The summed E-state index contributed by atoms with van der Waals surface area (Å²) in [5, 5.41) is 2.81. The van der Waals surface area contributed by atoms with Gasteiger partial charge in [0.2, 0.25) is 5.91 Å². The van der Waals surface area contributed by atoms with Gasteiger partial charge in [-0.25, -0.2) is 9.78 Å². The normalized spacial score (nSPS) is 25.6. The van der Waals surface area contributed by atoms with Crippen molar-refractivity contribution in [1.29, 1.82) is 0 Å². The lowest BCUT2D eigenvalue weighted by Gasteiger charge is -2.53. The summed E-state index contributed by atoms with van der Waals surface area (Å²) in [5.41, 5.74) is -0.544. The van der Waals surface area contributed by atoms with Gasteiger partial charge in [0.15, 0.2) is 0 Å². The van der Waals surface area contributed by atoms with E-state index in [1.807, 2.05) is 4.90 Å². The Bertz CT molecular complexity index is 866. The van der Waals surface area contributed by atoms with Crippen molar-refractivity contribution in [2.24, 2.45) is 11.3 Å². The molecule has 0 radical (unpaired) electrons. The van der Waals surface area contributed by atoms with E-state index in [1.54, 1.807) is 6.07 Å². The number of hydrogen-bond donors (Lipinski definition) is 1. The van der Waals surface area contributed by atoms with Crippen molar-refractivity contribution in [3.63, 3.8) is 0 Å². The van der Waals surface area contributed by atoms with E-state index in [0.717, 1.165) is 31.7 Å². The van der Waals surface area contributed by atoms with Gasteiger partial charge in [0.1, 0.15) is 12.3 Å². The van der Waals surface area contributed by atoms with Gasteiger partial charge in [-0.2, -0.15) is 13.2 Å². The summed E-state index contributed by atoms with van der Waals surface area (Å²) < 4.78 is 43.7. The number of aromatic nitrogens is 1. The predicted molar refractivity (Wildman–Crippen MR) is 99.4 cm³/mol. The average Bonchev–Trinajstić information content (AvgIpc) is 3.06. The van der Waals surface area contributed by atoms with Crippen LogP contribution in [0.1, 0.15) is 55.8 Å². The van der Waals surface area contributed by atoms with Crippen LogP contribution in [0.2, 0.25) is 0 Å². The molecule has 1 aromatic heterocycles. The van der Waals surface area contributed by atoms with Gasteiger partial charge < -0.3 is 15.0 Å². The van der Waals surface area contributed by atoms with Gasteiger partial charge in [-0.15, -0.1) is 0 Å². The molecule has 6 nitrogen and oxygen atoms in total. The molecule has 3 heterocycles. The van der Waals surface area contributed by atoms with Gasteiger partial charge in [0.25, 0.3) is 0 Å². The highest BCUT2D eigenvalue weighted by Gasteiger charge is 2.54. The first-order valence-corrected chi connectivity index (χ1v) is 10.5. The molecular formula is C21H24F3N3O3. The minimum absolute atomic E-state index is 0.0621. The molecule has 2 aliphatic carbocycles. The number of nitrogens with one attached hydrogen (secondary N) is 1. The maximum Gasteiger partial charge on any atom is 0.433 e. The Hall–Kier alpha value is -2.32. The highest BCUT2D eigenvalue weighted by Crippen LogP contribution is 2.56. The molecular weight excluding hydrogens is 399 g/mol. The number of amides is 2. The maximum atomic E-state index is 12.9. The summed E-state index contributed by atoms with van der Waals surface area (Å²) in [6.45, 7) is 1.71. The Morgan fingerprint density at radius 2 is 1.87 bits per heavy atom. The number of ether oxygens (including phenoxy) is 1. The van der Waals surface area contributed by atoms with E-state index in [4.69, 9.17) is 4.74 Å². The third kappa shape index (κ3) is 3.32. The second-order valence-electron chi connectivity index (χ2n) is 9.46. The van der Waals surface area contributed by atoms with E-state index in [9.17, 15) is 22.8 Å². The molecule has 2 amide bonds. The molecule has 2 aliphatic heterocycles. The monoisotopic (exact) mass is 423 g/mol. The summed E-state index contributed by atoms with van der Waals surface area (Å²) in [5.74, 6) is 0.142. The van der Waals surface area contributed by atoms with Crippen molar-refractivity contribution < 1.29 is 27.5 Å². The van der Waals surface area contributed by atoms with Crippen LogP contribution in [0.4, 0.5) is 18.0 Å². The quantitative estimate of drug-likeness (QED) is 0.791. The molecule has 2 spiro atoms. The number of halogens is 3. The van der Waals surface area contributed by atoms with E-state index in [2.05, 4.69) is 10.3 Å². The molecule has 0 atom stereocenters. The molecule has 1 N–H and O–H groups in total. The Kier molecular flexibility index (Phi) is 4.31. The molecule has 9 heteroatoms. The van der Waals surface area contributed by atoms with Crippen LogP contribution in [0, 0.1) is 11.3 Å². The number of alkyl halides is 3. The topological polar surface area (TPSA) is 71.5 Å². The maximum absolute atomic E-state index is 12.9. The number of alkyl carbamates (subject to hydrolysis) is 1. The second kappa shape index (κ2) is 6.59. The van der Waals surface area contributed by atoms with E-state index >= 15 is 0 Å². The average molecular weight is 423 g/mol. The summed E-state index contributed by atoms with van der Waals surface area (Å²) in [6, 6.07) is 4.12. The van der Waals surface area contributed by atoms with Crippen LogP contribution in [0.25, 0.3) is 0 Å². The number of pyridine rings is 1. The summed E-state index contributed by atoms with van der Waals surface area (Å²) in [7, 11) is 0. The zero-order valence-corrected chi connectivity index (χ0v) is 16.5. The van der Waals surface area contributed by atoms with Crippen molar-refractivity contribution in [2.75, 3.05) is 19.7 Å². The second-order valence-corrected chi connectivity index (χ2v) is 9.46. The highest BCUT2D eigenvalue weighted by atomic mass is 19.4. The first-order chi connectivity index (χ1) is 14.2. The van der Waals surface area contributed by atoms with Crippen molar-refractivity contribution in [1.82, 2.24) is 15.2 Å². The molecule has 2 saturated heterocycles. The molecule has 0 unspecified atom stereocenters. The Morgan fingerprint density at radius 3 is 2.47 bits per heavy atom. The third-order valence-corrected chi connectivity index (χ3v) is 7.44. The first kappa shape index (κ1) is 19.6. The van der Waals surface area contributed by atoms with Gasteiger partial charge >= 0.3 is 12.3 Å². The number of likely N-dealkylation sites (tertiary alicyclic amines) is 1. The predicted octanol–water partition coefficient (Wildman–Crippen LogP) is 3.48. The van der Waals surface area contributed by atoms with Crippen molar-refractivity contribution in [3.05, 3.63) is 29.6 Å². The molecule has 0 aromatic carbocycles. The van der Waals surface area contributed by atoms with E-state index in [1.165, 1.54) is 6.07 Å². The zero-order valence-electron chi connectivity index (χ0n) is 16.5. The fourth-order valence-corrected chi connectivity index (χ4v) is 5.67. The van der Waals surface area contributed by atoms with Gasteiger partial charge in [-0.1, -0.05) is 6.07 Å². The zero-order chi connectivity index (χ0) is 21.1. The molecule has 0 bridgehead atoms. The van der Waals surface area contributed by atoms with Crippen LogP contribution >= 0.6 is 0 Å².